The molecule has 2 aromatic carbocycles. The number of carbonyl (C=O) groups is 1. The van der Waals surface area contributed by atoms with Crippen LogP contribution in [0.5, 0.6) is 0 Å². The number of carbonyl (C=O) groups excluding carboxylic acids is 1. The molecule has 0 bridgehead atoms. The van der Waals surface area contributed by atoms with Crippen molar-refractivity contribution in [3.05, 3.63) is 70.9 Å². The minimum Gasteiger partial charge on any atom is -0.336 e. The van der Waals surface area contributed by atoms with E-state index >= 15 is 0 Å². The van der Waals surface area contributed by atoms with E-state index in [-0.39, 0.29) is 5.91 Å². The zero-order valence-electron chi connectivity index (χ0n) is 15.8. The first-order valence-electron chi connectivity index (χ1n) is 9.33. The summed E-state index contributed by atoms with van der Waals surface area (Å²) in [5, 5.41) is 1.68. The second kappa shape index (κ2) is 8.52. The normalized spacial score (nSPS) is 15.1. The third-order valence-corrected chi connectivity index (χ3v) is 6.23. The number of nitrogens with zero attached hydrogens (tertiary/aromatic N) is 3. The van der Waals surface area contributed by atoms with Crippen LogP contribution >= 0.6 is 23.4 Å². The zero-order chi connectivity index (χ0) is 19.5. The summed E-state index contributed by atoms with van der Waals surface area (Å²) in [5.74, 6) is 0.0207. The van der Waals surface area contributed by atoms with Crippen LogP contribution in [0, 0.1) is 0 Å². The van der Waals surface area contributed by atoms with E-state index in [1.165, 1.54) is 5.56 Å². The molecule has 4 nitrogen and oxygen atoms in total. The predicted octanol–water partition coefficient (Wildman–Crippen LogP) is 4.57. The maximum atomic E-state index is 12.9. The van der Waals surface area contributed by atoms with Gasteiger partial charge in [-0.25, -0.2) is 0 Å². The van der Waals surface area contributed by atoms with Crippen molar-refractivity contribution in [1.29, 1.82) is 0 Å². The number of amides is 1. The second-order valence-corrected chi connectivity index (χ2v) is 8.19. The molecule has 1 fully saturated rings. The first-order valence-corrected chi connectivity index (χ1v) is 10.9. The summed E-state index contributed by atoms with van der Waals surface area (Å²) in [4.78, 5) is 22.8. The number of hydrogen-bond acceptors (Lipinski definition) is 4. The van der Waals surface area contributed by atoms with Gasteiger partial charge >= 0.3 is 0 Å². The molecule has 1 aliphatic heterocycles. The van der Waals surface area contributed by atoms with E-state index in [1.54, 1.807) is 11.8 Å². The number of thioether (sulfide) groups is 1. The third kappa shape index (κ3) is 4.02. The Morgan fingerprint density at radius 3 is 2.68 bits per heavy atom. The summed E-state index contributed by atoms with van der Waals surface area (Å²) in [7, 11) is 0. The summed E-state index contributed by atoms with van der Waals surface area (Å²) in [5.41, 5.74) is 2.89. The Balaban J connectivity index is 1.43. The minimum absolute atomic E-state index is 0.0207. The molecule has 2 heterocycles. The molecule has 0 saturated carbocycles. The number of benzene rings is 2. The van der Waals surface area contributed by atoms with Crippen molar-refractivity contribution in [2.75, 3.05) is 32.4 Å². The molecule has 3 aromatic rings. The van der Waals surface area contributed by atoms with Crippen molar-refractivity contribution in [2.24, 2.45) is 0 Å². The Labute approximate surface area is 174 Å². The molecule has 1 amide bonds. The number of aromatic nitrogens is 1. The molecule has 1 aliphatic rings. The van der Waals surface area contributed by atoms with Crippen LogP contribution in [0.1, 0.15) is 15.9 Å². The van der Waals surface area contributed by atoms with E-state index in [1.807, 2.05) is 41.6 Å². The van der Waals surface area contributed by atoms with E-state index in [0.717, 1.165) is 35.4 Å². The van der Waals surface area contributed by atoms with Gasteiger partial charge in [-0.2, -0.15) is 0 Å². The zero-order valence-corrected chi connectivity index (χ0v) is 17.3. The topological polar surface area (TPSA) is 36.4 Å². The van der Waals surface area contributed by atoms with Gasteiger partial charge in [0.2, 0.25) is 0 Å². The summed E-state index contributed by atoms with van der Waals surface area (Å²) >= 11 is 7.90. The van der Waals surface area contributed by atoms with Gasteiger partial charge in [0.1, 0.15) is 0 Å². The van der Waals surface area contributed by atoms with Gasteiger partial charge in [-0.1, -0.05) is 35.9 Å². The molecule has 0 unspecified atom stereocenters. The molecule has 1 aromatic heterocycles. The Kier molecular flexibility index (Phi) is 5.85. The number of halogens is 1. The van der Waals surface area contributed by atoms with Gasteiger partial charge in [0, 0.05) is 49.2 Å². The SMILES string of the molecule is CSc1ccc(Cl)c(C(=O)N2CCN(Cc3cccc4cccnc34)CC2)c1. The smallest absolute Gasteiger partial charge is 0.255 e. The van der Waals surface area contributed by atoms with Gasteiger partial charge in [0.25, 0.3) is 5.91 Å². The van der Waals surface area contributed by atoms with E-state index < -0.39 is 0 Å². The van der Waals surface area contributed by atoms with Crippen molar-refractivity contribution in [2.45, 2.75) is 11.4 Å². The molecule has 0 atom stereocenters. The van der Waals surface area contributed by atoms with Crippen molar-refractivity contribution >= 4 is 40.2 Å². The van der Waals surface area contributed by atoms with E-state index in [9.17, 15) is 4.79 Å². The van der Waals surface area contributed by atoms with Crippen molar-refractivity contribution in [1.82, 2.24) is 14.8 Å². The number of hydrogen-bond donors (Lipinski definition) is 0. The number of rotatable bonds is 4. The number of fused-ring (bicyclic) bond motifs is 1. The van der Waals surface area contributed by atoms with Gasteiger partial charge in [-0.3, -0.25) is 14.7 Å². The highest BCUT2D eigenvalue weighted by Gasteiger charge is 2.24. The van der Waals surface area contributed by atoms with Crippen LogP contribution in [0.15, 0.2) is 59.6 Å². The molecule has 0 N–H and O–H groups in total. The quantitative estimate of drug-likeness (QED) is 0.589. The summed E-state index contributed by atoms with van der Waals surface area (Å²) in [6, 6.07) is 16.0. The Hall–Kier alpha value is -2.08. The standard InChI is InChI=1S/C22H22ClN3OS/c1-28-18-7-8-20(23)19(14-18)22(27)26-12-10-25(11-13-26)15-17-5-2-4-16-6-3-9-24-21(16)17/h2-9,14H,10-13,15H2,1H3. The molecule has 0 spiro atoms. The van der Waals surface area contributed by atoms with E-state index in [4.69, 9.17) is 11.6 Å². The molecule has 28 heavy (non-hydrogen) atoms. The number of para-hydroxylation sites is 1. The minimum atomic E-state index is 0.0207. The fourth-order valence-corrected chi connectivity index (χ4v) is 4.25. The molecule has 0 aliphatic carbocycles. The fourth-order valence-electron chi connectivity index (χ4n) is 3.61. The van der Waals surface area contributed by atoms with E-state index in [0.29, 0.717) is 23.7 Å². The van der Waals surface area contributed by atoms with Crippen LogP contribution in [0.4, 0.5) is 0 Å². The van der Waals surface area contributed by atoms with Gasteiger partial charge in [-0.05, 0) is 36.1 Å². The average Bonchev–Trinajstić information content (AvgIpc) is 2.74. The van der Waals surface area contributed by atoms with Crippen LogP contribution in [-0.2, 0) is 6.54 Å². The lowest BCUT2D eigenvalue weighted by Crippen LogP contribution is -2.48. The van der Waals surface area contributed by atoms with Crippen molar-refractivity contribution in [3.63, 3.8) is 0 Å². The van der Waals surface area contributed by atoms with Gasteiger partial charge in [0.15, 0.2) is 0 Å². The first-order chi connectivity index (χ1) is 13.7. The molecular weight excluding hydrogens is 390 g/mol. The van der Waals surface area contributed by atoms with Crippen LogP contribution in [0.2, 0.25) is 5.02 Å². The predicted molar refractivity (Wildman–Crippen MR) is 116 cm³/mol. The summed E-state index contributed by atoms with van der Waals surface area (Å²) in [6.45, 7) is 3.94. The lowest BCUT2D eigenvalue weighted by atomic mass is 10.1. The van der Waals surface area contributed by atoms with Crippen LogP contribution < -0.4 is 0 Å². The highest BCUT2D eigenvalue weighted by molar-refractivity contribution is 7.98. The van der Waals surface area contributed by atoms with Crippen molar-refractivity contribution < 1.29 is 4.79 Å². The van der Waals surface area contributed by atoms with E-state index in [2.05, 4.69) is 34.1 Å². The highest BCUT2D eigenvalue weighted by atomic mass is 35.5. The van der Waals surface area contributed by atoms with Gasteiger partial charge in [0.05, 0.1) is 16.1 Å². The second-order valence-electron chi connectivity index (χ2n) is 6.91. The largest absolute Gasteiger partial charge is 0.336 e. The van der Waals surface area contributed by atoms with Crippen LogP contribution in [0.25, 0.3) is 10.9 Å². The first kappa shape index (κ1) is 19.2. The Bertz CT molecular complexity index is 997. The lowest BCUT2D eigenvalue weighted by Gasteiger charge is -2.35. The monoisotopic (exact) mass is 411 g/mol. The van der Waals surface area contributed by atoms with Gasteiger partial charge in [-0.15, -0.1) is 11.8 Å². The Morgan fingerprint density at radius 1 is 1.11 bits per heavy atom. The summed E-state index contributed by atoms with van der Waals surface area (Å²) in [6.07, 6.45) is 3.84. The maximum absolute atomic E-state index is 12.9. The molecule has 6 heteroatoms. The molecule has 144 valence electrons. The number of pyridine rings is 1. The Morgan fingerprint density at radius 2 is 1.89 bits per heavy atom. The van der Waals surface area contributed by atoms with Gasteiger partial charge < -0.3 is 4.90 Å². The molecule has 0 radical (unpaired) electrons. The van der Waals surface area contributed by atoms with Crippen molar-refractivity contribution in [3.8, 4) is 0 Å². The average molecular weight is 412 g/mol. The van der Waals surface area contributed by atoms with Crippen LogP contribution in [-0.4, -0.2) is 53.1 Å². The fraction of sp³-hybridized carbons (Fsp3) is 0.273. The number of piperazine rings is 1. The maximum Gasteiger partial charge on any atom is 0.255 e. The lowest BCUT2D eigenvalue weighted by molar-refractivity contribution is 0.0629. The third-order valence-electron chi connectivity index (χ3n) is 5.17. The summed E-state index contributed by atoms with van der Waals surface area (Å²) < 4.78 is 0. The highest BCUT2D eigenvalue weighted by Crippen LogP contribution is 2.25. The molecule has 4 rings (SSSR count). The van der Waals surface area contributed by atoms with Crippen LogP contribution in [0.3, 0.4) is 0 Å². The molecular formula is C22H22ClN3OS. The molecule has 1 saturated heterocycles.